The third-order valence-electron chi connectivity index (χ3n) is 6.62. The quantitative estimate of drug-likeness (QED) is 0.336. The fourth-order valence-electron chi connectivity index (χ4n) is 4.24. The van der Waals surface area contributed by atoms with Crippen molar-refractivity contribution >= 4 is 11.8 Å². The van der Waals surface area contributed by atoms with Gasteiger partial charge in [-0.3, -0.25) is 9.59 Å². The van der Waals surface area contributed by atoms with Gasteiger partial charge in [-0.25, -0.2) is 4.39 Å². The Hall–Kier alpha value is -3.67. The zero-order chi connectivity index (χ0) is 27.7. The molecule has 0 aliphatic heterocycles. The number of hydrogen-bond donors (Lipinski definition) is 1. The zero-order valence-corrected chi connectivity index (χ0v) is 23.0. The molecular formula is C32H39FN2O3. The Bertz CT molecular complexity index is 1210. The molecule has 5 nitrogen and oxygen atoms in total. The second-order valence-corrected chi connectivity index (χ2v) is 10.7. The number of hydrogen-bond acceptors (Lipinski definition) is 3. The molecule has 2 amide bonds. The molecule has 2 atom stereocenters. The Balaban J connectivity index is 1.96. The van der Waals surface area contributed by atoms with E-state index in [0.29, 0.717) is 17.7 Å². The number of carbonyl (C=O) groups excluding carboxylic acids is 2. The lowest BCUT2D eigenvalue weighted by molar-refractivity contribution is -0.143. The lowest BCUT2D eigenvalue weighted by Gasteiger charge is -2.32. The van der Waals surface area contributed by atoms with Gasteiger partial charge in [0.15, 0.2) is 6.61 Å². The molecule has 0 saturated carbocycles. The van der Waals surface area contributed by atoms with Crippen molar-refractivity contribution < 1.29 is 18.7 Å². The van der Waals surface area contributed by atoms with Crippen molar-refractivity contribution in [2.75, 3.05) is 6.61 Å². The normalized spacial score (nSPS) is 12.9. The van der Waals surface area contributed by atoms with Crippen molar-refractivity contribution in [3.05, 3.63) is 101 Å². The van der Waals surface area contributed by atoms with E-state index in [1.807, 2.05) is 68.4 Å². The molecule has 0 fully saturated rings. The molecule has 0 aliphatic rings. The van der Waals surface area contributed by atoms with E-state index in [1.54, 1.807) is 18.2 Å². The van der Waals surface area contributed by atoms with Gasteiger partial charge in [-0.2, -0.15) is 0 Å². The van der Waals surface area contributed by atoms with Crippen molar-refractivity contribution in [2.45, 2.75) is 71.5 Å². The van der Waals surface area contributed by atoms with Crippen LogP contribution in [0.3, 0.4) is 0 Å². The summed E-state index contributed by atoms with van der Waals surface area (Å²) >= 11 is 0. The van der Waals surface area contributed by atoms with Gasteiger partial charge in [0.05, 0.1) is 0 Å². The first-order chi connectivity index (χ1) is 18.1. The number of para-hydroxylation sites is 1. The monoisotopic (exact) mass is 518 g/mol. The molecule has 3 aromatic rings. The van der Waals surface area contributed by atoms with Crippen molar-refractivity contribution in [2.24, 2.45) is 0 Å². The van der Waals surface area contributed by atoms with E-state index in [4.69, 9.17) is 4.74 Å². The van der Waals surface area contributed by atoms with Crippen LogP contribution in [-0.2, 0) is 28.0 Å². The summed E-state index contributed by atoms with van der Waals surface area (Å²) in [6.45, 7) is 9.82. The topological polar surface area (TPSA) is 58.6 Å². The molecule has 0 bridgehead atoms. The number of benzene rings is 3. The zero-order valence-electron chi connectivity index (χ0n) is 23.0. The molecule has 0 heterocycles. The number of halogens is 1. The summed E-state index contributed by atoms with van der Waals surface area (Å²) in [6, 6.07) is 22.6. The fourth-order valence-corrected chi connectivity index (χ4v) is 4.24. The van der Waals surface area contributed by atoms with E-state index >= 15 is 0 Å². The molecule has 3 aromatic carbocycles. The van der Waals surface area contributed by atoms with Crippen LogP contribution in [0.4, 0.5) is 4.39 Å². The minimum absolute atomic E-state index is 0.0544. The van der Waals surface area contributed by atoms with Gasteiger partial charge in [0, 0.05) is 24.6 Å². The molecule has 1 N–H and O–H groups in total. The van der Waals surface area contributed by atoms with Crippen molar-refractivity contribution in [1.82, 2.24) is 10.2 Å². The lowest BCUT2D eigenvalue weighted by atomic mass is 9.86. The summed E-state index contributed by atoms with van der Waals surface area (Å²) in [7, 11) is 0. The molecule has 0 spiro atoms. The van der Waals surface area contributed by atoms with Gasteiger partial charge in [0.25, 0.3) is 5.91 Å². The first kappa shape index (κ1) is 28.9. The molecule has 0 radical (unpaired) electrons. The molecule has 2 unspecified atom stereocenters. The molecule has 0 aromatic heterocycles. The minimum atomic E-state index is -0.847. The van der Waals surface area contributed by atoms with Gasteiger partial charge in [-0.1, -0.05) is 94.4 Å². The van der Waals surface area contributed by atoms with Crippen LogP contribution in [0.1, 0.15) is 57.7 Å². The van der Waals surface area contributed by atoms with Crippen LogP contribution in [0.2, 0.25) is 0 Å². The predicted molar refractivity (Wildman–Crippen MR) is 149 cm³/mol. The molecule has 6 heteroatoms. The summed E-state index contributed by atoms with van der Waals surface area (Å²) in [5.41, 5.74) is 2.04. The standard InChI is InChI=1S/C32H39FN2O3/c1-6-23(2)34-31(37)28(20-24-14-8-7-9-15-24)35(21-25-16-10-12-18-27(25)33)30(36)22-38-29-19-13-11-17-26(29)32(3,4)5/h7-19,23,28H,6,20-22H2,1-5H3,(H,34,37). The van der Waals surface area contributed by atoms with Crippen LogP contribution in [0.15, 0.2) is 78.9 Å². The van der Waals surface area contributed by atoms with Crippen molar-refractivity contribution in [3.63, 3.8) is 0 Å². The largest absolute Gasteiger partial charge is 0.483 e. The molecule has 0 aliphatic carbocycles. The summed E-state index contributed by atoms with van der Waals surface area (Å²) in [6.07, 6.45) is 1.04. The number of rotatable bonds is 11. The first-order valence-electron chi connectivity index (χ1n) is 13.2. The van der Waals surface area contributed by atoms with Gasteiger partial charge in [0.1, 0.15) is 17.6 Å². The van der Waals surface area contributed by atoms with Crippen LogP contribution in [0.25, 0.3) is 0 Å². The maximum Gasteiger partial charge on any atom is 0.261 e. The summed E-state index contributed by atoms with van der Waals surface area (Å²) in [4.78, 5) is 28.8. The van der Waals surface area contributed by atoms with Gasteiger partial charge in [0.2, 0.25) is 5.91 Å². The highest BCUT2D eigenvalue weighted by Crippen LogP contribution is 2.31. The van der Waals surface area contributed by atoms with Crippen LogP contribution in [0.5, 0.6) is 5.75 Å². The van der Waals surface area contributed by atoms with Crippen LogP contribution >= 0.6 is 0 Å². The molecule has 38 heavy (non-hydrogen) atoms. The highest BCUT2D eigenvalue weighted by Gasteiger charge is 2.32. The van der Waals surface area contributed by atoms with Crippen LogP contribution < -0.4 is 10.1 Å². The second kappa shape index (κ2) is 13.2. The summed E-state index contributed by atoms with van der Waals surface area (Å²) in [5, 5.41) is 3.02. The predicted octanol–water partition coefficient (Wildman–Crippen LogP) is 6.06. The van der Waals surface area contributed by atoms with E-state index in [0.717, 1.165) is 17.5 Å². The third-order valence-corrected chi connectivity index (χ3v) is 6.62. The molecule has 3 rings (SSSR count). The van der Waals surface area contributed by atoms with Crippen molar-refractivity contribution in [3.8, 4) is 5.75 Å². The highest BCUT2D eigenvalue weighted by atomic mass is 19.1. The molecular weight excluding hydrogens is 479 g/mol. The number of nitrogens with one attached hydrogen (secondary N) is 1. The van der Waals surface area contributed by atoms with Gasteiger partial charge in [-0.15, -0.1) is 0 Å². The van der Waals surface area contributed by atoms with Gasteiger partial charge >= 0.3 is 0 Å². The van der Waals surface area contributed by atoms with E-state index in [1.165, 1.54) is 11.0 Å². The Labute approximate surface area is 226 Å². The first-order valence-corrected chi connectivity index (χ1v) is 13.2. The number of nitrogens with zero attached hydrogens (tertiary/aromatic N) is 1. The van der Waals surface area contributed by atoms with E-state index in [-0.39, 0.29) is 30.5 Å². The Morgan fingerprint density at radius 1 is 0.947 bits per heavy atom. The average molecular weight is 519 g/mol. The average Bonchev–Trinajstić information content (AvgIpc) is 2.90. The Morgan fingerprint density at radius 2 is 1.58 bits per heavy atom. The SMILES string of the molecule is CCC(C)NC(=O)C(Cc1ccccc1)N(Cc1ccccc1F)C(=O)COc1ccccc1C(C)(C)C. The Morgan fingerprint density at radius 3 is 2.24 bits per heavy atom. The van der Waals surface area contributed by atoms with Crippen molar-refractivity contribution in [1.29, 1.82) is 0 Å². The van der Waals surface area contributed by atoms with Crippen LogP contribution in [0, 0.1) is 5.82 Å². The maximum atomic E-state index is 14.7. The second-order valence-electron chi connectivity index (χ2n) is 10.7. The highest BCUT2D eigenvalue weighted by molar-refractivity contribution is 5.88. The minimum Gasteiger partial charge on any atom is -0.483 e. The maximum absolute atomic E-state index is 14.7. The summed E-state index contributed by atoms with van der Waals surface area (Å²) in [5.74, 6) is -0.479. The van der Waals surface area contributed by atoms with Crippen LogP contribution in [-0.4, -0.2) is 35.4 Å². The Kier molecular flexibility index (Phi) is 10.1. The summed E-state index contributed by atoms with van der Waals surface area (Å²) < 4.78 is 20.8. The fraction of sp³-hybridized carbons (Fsp3) is 0.375. The van der Waals surface area contributed by atoms with E-state index in [2.05, 4.69) is 26.1 Å². The third kappa shape index (κ3) is 7.91. The molecule has 0 saturated heterocycles. The van der Waals surface area contributed by atoms with Gasteiger partial charge in [-0.05, 0) is 42.0 Å². The lowest BCUT2D eigenvalue weighted by Crippen LogP contribution is -2.53. The number of carbonyl (C=O) groups is 2. The van der Waals surface area contributed by atoms with E-state index < -0.39 is 17.8 Å². The van der Waals surface area contributed by atoms with Gasteiger partial charge < -0.3 is 15.0 Å². The van der Waals surface area contributed by atoms with E-state index in [9.17, 15) is 14.0 Å². The number of ether oxygens (including phenoxy) is 1. The molecule has 202 valence electrons. The number of amides is 2. The smallest absolute Gasteiger partial charge is 0.261 e.